The molecule has 0 aromatic carbocycles. The molecule has 6 heteroatoms. The topological polar surface area (TPSA) is 71.9 Å². The largest absolute Gasteiger partial charge is 0.337 e. The lowest BCUT2D eigenvalue weighted by molar-refractivity contribution is 0.0756. The number of rotatable bonds is 1. The summed E-state index contributed by atoms with van der Waals surface area (Å²) < 4.78 is 0. The van der Waals surface area contributed by atoms with Crippen LogP contribution in [-0.2, 0) is 12.8 Å². The first-order chi connectivity index (χ1) is 10.6. The molecule has 6 nitrogen and oxygen atoms in total. The highest BCUT2D eigenvalue weighted by atomic mass is 16.2. The maximum atomic E-state index is 12.8. The standard InChI is InChI=1S/C16H19N5O/c1-10-11(2)17-9-20-15(10)16(22)21-6-4-13-12(3)18-8-19-14(13)5-7-21/h8-9H,4-7H2,1-3H3. The van der Waals surface area contributed by atoms with E-state index in [1.54, 1.807) is 6.33 Å². The lowest BCUT2D eigenvalue weighted by atomic mass is 10.1. The van der Waals surface area contributed by atoms with Gasteiger partial charge in [-0.1, -0.05) is 0 Å². The minimum Gasteiger partial charge on any atom is -0.337 e. The van der Waals surface area contributed by atoms with E-state index in [-0.39, 0.29) is 5.91 Å². The molecular formula is C16H19N5O. The molecule has 0 N–H and O–H groups in total. The van der Waals surface area contributed by atoms with Crippen LogP contribution in [-0.4, -0.2) is 43.8 Å². The number of amides is 1. The zero-order valence-electron chi connectivity index (χ0n) is 13.1. The molecule has 1 amide bonds. The van der Waals surface area contributed by atoms with Crippen molar-refractivity contribution in [3.05, 3.63) is 46.6 Å². The molecule has 3 heterocycles. The first kappa shape index (κ1) is 14.6. The predicted octanol–water partition coefficient (Wildman–Crippen LogP) is 1.43. The van der Waals surface area contributed by atoms with Crippen molar-refractivity contribution < 1.29 is 4.79 Å². The van der Waals surface area contributed by atoms with Gasteiger partial charge < -0.3 is 4.90 Å². The molecule has 1 aliphatic rings. The van der Waals surface area contributed by atoms with Gasteiger partial charge in [-0.15, -0.1) is 0 Å². The van der Waals surface area contributed by atoms with Crippen LogP contribution in [0.25, 0.3) is 0 Å². The molecule has 0 unspecified atom stereocenters. The maximum Gasteiger partial charge on any atom is 0.272 e. The van der Waals surface area contributed by atoms with Crippen molar-refractivity contribution >= 4 is 5.91 Å². The number of nitrogens with zero attached hydrogens (tertiary/aromatic N) is 5. The number of carbonyl (C=O) groups is 1. The van der Waals surface area contributed by atoms with Crippen molar-refractivity contribution in [1.29, 1.82) is 0 Å². The molecule has 3 rings (SSSR count). The molecule has 0 saturated carbocycles. The number of hydrogen-bond donors (Lipinski definition) is 0. The van der Waals surface area contributed by atoms with Crippen LogP contribution in [0.15, 0.2) is 12.7 Å². The van der Waals surface area contributed by atoms with E-state index in [4.69, 9.17) is 0 Å². The summed E-state index contributed by atoms with van der Waals surface area (Å²) in [6.45, 7) is 7.11. The van der Waals surface area contributed by atoms with Gasteiger partial charge in [-0.2, -0.15) is 0 Å². The number of aryl methyl sites for hydroxylation is 2. The average Bonchev–Trinajstić information content (AvgIpc) is 2.73. The van der Waals surface area contributed by atoms with E-state index < -0.39 is 0 Å². The number of carbonyl (C=O) groups excluding carboxylic acids is 1. The summed E-state index contributed by atoms with van der Waals surface area (Å²) in [7, 11) is 0. The van der Waals surface area contributed by atoms with E-state index in [2.05, 4.69) is 19.9 Å². The van der Waals surface area contributed by atoms with Gasteiger partial charge in [0.2, 0.25) is 0 Å². The third-order valence-corrected chi connectivity index (χ3v) is 4.33. The van der Waals surface area contributed by atoms with Gasteiger partial charge in [-0.05, 0) is 32.8 Å². The van der Waals surface area contributed by atoms with E-state index in [9.17, 15) is 4.79 Å². The van der Waals surface area contributed by atoms with Crippen LogP contribution < -0.4 is 0 Å². The van der Waals surface area contributed by atoms with Crippen molar-refractivity contribution in [3.8, 4) is 0 Å². The van der Waals surface area contributed by atoms with Gasteiger partial charge in [0.15, 0.2) is 0 Å². The van der Waals surface area contributed by atoms with E-state index in [0.29, 0.717) is 18.8 Å². The second-order valence-electron chi connectivity index (χ2n) is 5.61. The van der Waals surface area contributed by atoms with Crippen molar-refractivity contribution in [2.45, 2.75) is 33.6 Å². The molecule has 0 atom stereocenters. The Balaban J connectivity index is 1.85. The van der Waals surface area contributed by atoms with Crippen molar-refractivity contribution in [2.75, 3.05) is 13.1 Å². The van der Waals surface area contributed by atoms with Crippen molar-refractivity contribution in [2.24, 2.45) is 0 Å². The predicted molar refractivity (Wildman–Crippen MR) is 81.6 cm³/mol. The van der Waals surface area contributed by atoms with E-state index >= 15 is 0 Å². The fourth-order valence-electron chi connectivity index (χ4n) is 2.80. The lowest BCUT2D eigenvalue weighted by Crippen LogP contribution is -2.34. The van der Waals surface area contributed by atoms with Gasteiger partial charge in [0.05, 0.1) is 0 Å². The lowest BCUT2D eigenvalue weighted by Gasteiger charge is -2.20. The Morgan fingerprint density at radius 1 is 0.955 bits per heavy atom. The van der Waals surface area contributed by atoms with Gasteiger partial charge in [0.1, 0.15) is 18.3 Å². The van der Waals surface area contributed by atoms with Gasteiger partial charge >= 0.3 is 0 Å². The summed E-state index contributed by atoms with van der Waals surface area (Å²) >= 11 is 0. The van der Waals surface area contributed by atoms with Crippen LogP contribution in [0.1, 0.15) is 38.7 Å². The van der Waals surface area contributed by atoms with E-state index in [1.165, 1.54) is 11.9 Å². The van der Waals surface area contributed by atoms with E-state index in [1.807, 2.05) is 25.7 Å². The zero-order valence-corrected chi connectivity index (χ0v) is 13.1. The molecule has 2 aromatic rings. The summed E-state index contributed by atoms with van der Waals surface area (Å²) in [6, 6.07) is 0. The third kappa shape index (κ3) is 2.56. The first-order valence-corrected chi connectivity index (χ1v) is 7.44. The minimum atomic E-state index is -0.0265. The van der Waals surface area contributed by atoms with Gasteiger partial charge in [-0.25, -0.2) is 19.9 Å². The SMILES string of the molecule is Cc1ncnc(C(=O)N2CCc3ncnc(C)c3CC2)c1C. The van der Waals surface area contributed by atoms with Crippen LogP contribution in [0, 0.1) is 20.8 Å². The van der Waals surface area contributed by atoms with Gasteiger partial charge in [0.25, 0.3) is 5.91 Å². The highest BCUT2D eigenvalue weighted by molar-refractivity contribution is 5.93. The zero-order chi connectivity index (χ0) is 15.7. The minimum absolute atomic E-state index is 0.0265. The Labute approximate surface area is 129 Å². The summed E-state index contributed by atoms with van der Waals surface area (Å²) in [4.78, 5) is 31.5. The molecule has 0 radical (unpaired) electrons. The Morgan fingerprint density at radius 3 is 2.45 bits per heavy atom. The summed E-state index contributed by atoms with van der Waals surface area (Å²) in [5.41, 5.74) is 5.44. The number of hydrogen-bond acceptors (Lipinski definition) is 5. The Kier molecular flexibility index (Phi) is 3.83. The summed E-state index contributed by atoms with van der Waals surface area (Å²) in [5.74, 6) is -0.0265. The second kappa shape index (κ2) is 5.79. The van der Waals surface area contributed by atoms with Gasteiger partial charge in [-0.3, -0.25) is 4.79 Å². The first-order valence-electron chi connectivity index (χ1n) is 7.44. The van der Waals surface area contributed by atoms with Crippen molar-refractivity contribution in [3.63, 3.8) is 0 Å². The Hall–Kier alpha value is -2.37. The molecule has 0 aliphatic carbocycles. The number of aromatic nitrogens is 4. The molecule has 0 fully saturated rings. The molecule has 1 aliphatic heterocycles. The average molecular weight is 297 g/mol. The quantitative estimate of drug-likeness (QED) is 0.796. The van der Waals surface area contributed by atoms with Crippen LogP contribution >= 0.6 is 0 Å². The smallest absolute Gasteiger partial charge is 0.272 e. The highest BCUT2D eigenvalue weighted by Gasteiger charge is 2.24. The van der Waals surface area contributed by atoms with Gasteiger partial charge in [0, 0.05) is 42.2 Å². The molecule has 0 spiro atoms. The summed E-state index contributed by atoms with van der Waals surface area (Å²) in [5, 5.41) is 0. The van der Waals surface area contributed by atoms with Crippen molar-refractivity contribution in [1.82, 2.24) is 24.8 Å². The maximum absolute atomic E-state index is 12.8. The molecule has 2 aromatic heterocycles. The molecule has 0 saturated heterocycles. The van der Waals surface area contributed by atoms with Crippen LogP contribution in [0.5, 0.6) is 0 Å². The fourth-order valence-corrected chi connectivity index (χ4v) is 2.80. The molecule has 0 bridgehead atoms. The Morgan fingerprint density at radius 2 is 1.64 bits per heavy atom. The second-order valence-corrected chi connectivity index (χ2v) is 5.61. The Bertz CT molecular complexity index is 728. The monoisotopic (exact) mass is 297 g/mol. The van der Waals surface area contributed by atoms with Crippen LogP contribution in [0.4, 0.5) is 0 Å². The third-order valence-electron chi connectivity index (χ3n) is 4.33. The molecule has 114 valence electrons. The number of fused-ring (bicyclic) bond motifs is 1. The highest BCUT2D eigenvalue weighted by Crippen LogP contribution is 2.18. The van der Waals surface area contributed by atoms with Crippen LogP contribution in [0.3, 0.4) is 0 Å². The normalized spacial score (nSPS) is 14.4. The fraction of sp³-hybridized carbons (Fsp3) is 0.438. The molecule has 22 heavy (non-hydrogen) atoms. The van der Waals surface area contributed by atoms with E-state index in [0.717, 1.165) is 35.5 Å². The molecular weight excluding hydrogens is 278 g/mol. The van der Waals surface area contributed by atoms with Crippen LogP contribution in [0.2, 0.25) is 0 Å². The summed E-state index contributed by atoms with van der Waals surface area (Å²) in [6.07, 6.45) is 4.60.